The van der Waals surface area contributed by atoms with Gasteiger partial charge < -0.3 is 10.1 Å². The predicted molar refractivity (Wildman–Crippen MR) is 107 cm³/mol. The van der Waals surface area contributed by atoms with Crippen LogP contribution in [0, 0.1) is 11.3 Å². The number of benzene rings is 2. The molecule has 3 rings (SSSR count). The fourth-order valence-electron chi connectivity index (χ4n) is 3.33. The Hall–Kier alpha value is -3.38. The van der Waals surface area contributed by atoms with Gasteiger partial charge in [0.25, 0.3) is 5.91 Å². The van der Waals surface area contributed by atoms with Crippen molar-refractivity contribution in [2.75, 3.05) is 22.5 Å². The number of sulfonamides is 1. The van der Waals surface area contributed by atoms with Gasteiger partial charge in [-0.25, -0.2) is 13.2 Å². The highest BCUT2D eigenvalue weighted by Gasteiger charge is 2.32. The lowest BCUT2D eigenvalue weighted by atomic mass is 10.1. The van der Waals surface area contributed by atoms with Crippen molar-refractivity contribution in [2.24, 2.45) is 0 Å². The number of hydrogen-bond acceptors (Lipinski definition) is 6. The first-order chi connectivity index (χ1) is 13.7. The predicted octanol–water partition coefficient (Wildman–Crippen LogP) is 2.06. The van der Waals surface area contributed by atoms with Gasteiger partial charge in [-0.15, -0.1) is 0 Å². The fourth-order valence-corrected chi connectivity index (χ4v) is 4.59. The molecule has 0 unspecified atom stereocenters. The van der Waals surface area contributed by atoms with Crippen molar-refractivity contribution in [3.05, 3.63) is 59.2 Å². The lowest BCUT2D eigenvalue weighted by Gasteiger charge is -2.21. The van der Waals surface area contributed by atoms with E-state index in [-0.39, 0.29) is 11.6 Å². The Morgan fingerprint density at radius 2 is 2.00 bits per heavy atom. The molecule has 1 amide bonds. The number of fused-ring (bicyclic) bond motifs is 1. The molecule has 0 saturated heterocycles. The van der Waals surface area contributed by atoms with Crippen molar-refractivity contribution >= 4 is 33.3 Å². The highest BCUT2D eigenvalue weighted by Crippen LogP contribution is 2.34. The van der Waals surface area contributed by atoms with Gasteiger partial charge in [-0.2, -0.15) is 5.26 Å². The molecule has 0 spiro atoms. The number of nitrogens with one attached hydrogen (secondary N) is 1. The molecule has 29 heavy (non-hydrogen) atoms. The van der Waals surface area contributed by atoms with Crippen LogP contribution >= 0.6 is 0 Å². The van der Waals surface area contributed by atoms with Crippen LogP contribution in [0.15, 0.2) is 42.5 Å². The Morgan fingerprint density at radius 3 is 2.69 bits per heavy atom. The molecule has 1 aliphatic heterocycles. The van der Waals surface area contributed by atoms with E-state index in [2.05, 4.69) is 5.32 Å². The van der Waals surface area contributed by atoms with Gasteiger partial charge in [0.05, 0.1) is 28.8 Å². The zero-order chi connectivity index (χ0) is 21.2. The summed E-state index contributed by atoms with van der Waals surface area (Å²) in [7, 11) is -3.41. The SMILES string of the molecule is C[C@H]1Cc2cc(C(=O)OCC(=O)Nc3ccccc3C#N)ccc2N1S(C)(=O)=O. The number of esters is 1. The molecule has 1 atom stereocenters. The lowest BCUT2D eigenvalue weighted by Crippen LogP contribution is -2.34. The molecule has 1 heterocycles. The average Bonchev–Trinajstić information content (AvgIpc) is 3.01. The van der Waals surface area contributed by atoms with E-state index in [1.807, 2.05) is 6.07 Å². The Labute approximate surface area is 168 Å². The van der Waals surface area contributed by atoms with Crippen LogP contribution in [0.1, 0.15) is 28.4 Å². The quantitative estimate of drug-likeness (QED) is 0.750. The molecule has 2 aromatic rings. The van der Waals surface area contributed by atoms with E-state index in [4.69, 9.17) is 10.00 Å². The molecular formula is C20H19N3O5S. The number of carbonyl (C=O) groups is 2. The van der Waals surface area contributed by atoms with Crippen LogP contribution in [0.3, 0.4) is 0 Å². The van der Waals surface area contributed by atoms with E-state index in [9.17, 15) is 18.0 Å². The van der Waals surface area contributed by atoms with E-state index >= 15 is 0 Å². The summed E-state index contributed by atoms with van der Waals surface area (Å²) in [4.78, 5) is 24.3. The van der Waals surface area contributed by atoms with Crippen molar-refractivity contribution in [2.45, 2.75) is 19.4 Å². The van der Waals surface area contributed by atoms with Crippen molar-refractivity contribution in [3.63, 3.8) is 0 Å². The van der Waals surface area contributed by atoms with Crippen LogP contribution in [0.25, 0.3) is 0 Å². The Balaban J connectivity index is 1.66. The van der Waals surface area contributed by atoms with Crippen LogP contribution in [-0.4, -0.2) is 39.2 Å². The Bertz CT molecular complexity index is 1120. The number of carbonyl (C=O) groups excluding carboxylic acids is 2. The maximum absolute atomic E-state index is 12.3. The molecule has 9 heteroatoms. The monoisotopic (exact) mass is 413 g/mol. The number of ether oxygens (including phenoxy) is 1. The molecule has 0 bridgehead atoms. The van der Waals surface area contributed by atoms with Gasteiger partial charge >= 0.3 is 5.97 Å². The highest BCUT2D eigenvalue weighted by atomic mass is 32.2. The molecule has 0 radical (unpaired) electrons. The van der Waals surface area contributed by atoms with E-state index in [0.29, 0.717) is 23.4 Å². The summed E-state index contributed by atoms with van der Waals surface area (Å²) < 4.78 is 30.3. The smallest absolute Gasteiger partial charge is 0.338 e. The first kappa shape index (κ1) is 20.4. The van der Waals surface area contributed by atoms with Crippen LogP contribution in [0.5, 0.6) is 0 Å². The highest BCUT2D eigenvalue weighted by molar-refractivity contribution is 7.92. The number of nitriles is 1. The van der Waals surface area contributed by atoms with Crippen molar-refractivity contribution in [1.29, 1.82) is 5.26 Å². The standard InChI is InChI=1S/C20H19N3O5S/c1-13-9-16-10-14(7-8-18(16)23(13)29(2,26)27)20(25)28-12-19(24)22-17-6-4-3-5-15(17)11-21/h3-8,10,13H,9,12H2,1-2H3,(H,22,24)/t13-/m0/s1. The zero-order valence-corrected chi connectivity index (χ0v) is 16.7. The van der Waals surface area contributed by atoms with E-state index in [1.54, 1.807) is 43.3 Å². The molecule has 0 aromatic heterocycles. The summed E-state index contributed by atoms with van der Waals surface area (Å²) in [5.41, 5.74) is 2.14. The number of para-hydroxylation sites is 1. The van der Waals surface area contributed by atoms with Gasteiger partial charge in [0.1, 0.15) is 6.07 Å². The third-order valence-corrected chi connectivity index (χ3v) is 5.75. The van der Waals surface area contributed by atoms with Crippen molar-refractivity contribution in [1.82, 2.24) is 0 Å². The van der Waals surface area contributed by atoms with Crippen molar-refractivity contribution < 1.29 is 22.7 Å². The number of amides is 1. The lowest BCUT2D eigenvalue weighted by molar-refractivity contribution is -0.119. The Kier molecular flexibility index (Phi) is 5.57. The van der Waals surface area contributed by atoms with Gasteiger partial charge in [0.15, 0.2) is 6.61 Å². The summed E-state index contributed by atoms with van der Waals surface area (Å²) in [6.07, 6.45) is 1.62. The van der Waals surface area contributed by atoms with Crippen molar-refractivity contribution in [3.8, 4) is 6.07 Å². The van der Waals surface area contributed by atoms with E-state index in [0.717, 1.165) is 11.8 Å². The third-order valence-electron chi connectivity index (χ3n) is 4.48. The molecule has 1 aliphatic rings. The fraction of sp³-hybridized carbons (Fsp3) is 0.250. The molecule has 0 saturated carbocycles. The maximum Gasteiger partial charge on any atom is 0.338 e. The average molecular weight is 413 g/mol. The summed E-state index contributed by atoms with van der Waals surface area (Å²) in [5.74, 6) is -1.26. The molecule has 0 fully saturated rings. The first-order valence-corrected chi connectivity index (χ1v) is 10.6. The van der Waals surface area contributed by atoms with Gasteiger partial charge in [-0.05, 0) is 49.2 Å². The molecule has 8 nitrogen and oxygen atoms in total. The minimum absolute atomic E-state index is 0.233. The van der Waals surface area contributed by atoms with Crippen LogP contribution in [-0.2, 0) is 26.0 Å². The third kappa shape index (κ3) is 4.38. The van der Waals surface area contributed by atoms with E-state index < -0.39 is 28.5 Å². The van der Waals surface area contributed by atoms with Gasteiger partial charge in [0.2, 0.25) is 10.0 Å². The van der Waals surface area contributed by atoms with Gasteiger partial charge in [-0.1, -0.05) is 12.1 Å². The number of anilines is 2. The summed E-state index contributed by atoms with van der Waals surface area (Å²) in [6.45, 7) is 1.28. The summed E-state index contributed by atoms with van der Waals surface area (Å²) >= 11 is 0. The second kappa shape index (κ2) is 7.93. The molecule has 1 N–H and O–H groups in total. The molecule has 0 aliphatic carbocycles. The minimum atomic E-state index is -3.41. The molecule has 2 aromatic carbocycles. The first-order valence-electron chi connectivity index (χ1n) is 8.79. The van der Waals surface area contributed by atoms with Gasteiger partial charge in [0, 0.05) is 6.04 Å². The normalized spacial score (nSPS) is 15.3. The summed E-state index contributed by atoms with van der Waals surface area (Å²) in [5, 5.41) is 11.6. The number of hydrogen-bond donors (Lipinski definition) is 1. The Morgan fingerprint density at radius 1 is 1.28 bits per heavy atom. The van der Waals surface area contributed by atoms with Crippen LogP contribution in [0.2, 0.25) is 0 Å². The summed E-state index contributed by atoms with van der Waals surface area (Å²) in [6, 6.07) is 12.8. The van der Waals surface area contributed by atoms with Crippen LogP contribution < -0.4 is 9.62 Å². The maximum atomic E-state index is 12.3. The number of nitrogens with zero attached hydrogens (tertiary/aromatic N) is 2. The number of rotatable bonds is 5. The zero-order valence-electron chi connectivity index (χ0n) is 15.9. The topological polar surface area (TPSA) is 117 Å². The minimum Gasteiger partial charge on any atom is -0.452 e. The van der Waals surface area contributed by atoms with E-state index in [1.165, 1.54) is 10.4 Å². The van der Waals surface area contributed by atoms with Gasteiger partial charge in [-0.3, -0.25) is 9.10 Å². The van der Waals surface area contributed by atoms with Crippen LogP contribution in [0.4, 0.5) is 11.4 Å². The second-order valence-corrected chi connectivity index (χ2v) is 8.60. The largest absolute Gasteiger partial charge is 0.452 e. The second-order valence-electron chi connectivity index (χ2n) is 6.74. The molecular weight excluding hydrogens is 394 g/mol. The molecule has 150 valence electrons.